The van der Waals surface area contributed by atoms with E-state index in [0.29, 0.717) is 36.8 Å². The number of nitrogens with zero attached hydrogens (tertiary/aromatic N) is 1. The molecule has 2 atom stereocenters. The molecule has 7 nitrogen and oxygen atoms in total. The minimum absolute atomic E-state index is 0.0117. The summed E-state index contributed by atoms with van der Waals surface area (Å²) in [5.41, 5.74) is 0.652. The van der Waals surface area contributed by atoms with Crippen molar-refractivity contribution in [1.29, 1.82) is 0 Å². The third-order valence-corrected chi connectivity index (χ3v) is 7.11. The van der Waals surface area contributed by atoms with Gasteiger partial charge in [-0.05, 0) is 55.2 Å². The van der Waals surface area contributed by atoms with Crippen molar-refractivity contribution in [1.82, 2.24) is 4.90 Å². The van der Waals surface area contributed by atoms with Gasteiger partial charge in [-0.2, -0.15) is 0 Å². The van der Waals surface area contributed by atoms with Crippen molar-refractivity contribution < 1.29 is 27.8 Å². The zero-order valence-electron chi connectivity index (χ0n) is 21.3. The van der Waals surface area contributed by atoms with Crippen LogP contribution in [0.4, 0.5) is 4.39 Å². The highest BCUT2D eigenvalue weighted by atomic mass is 19.1. The monoisotopic (exact) mass is 509 g/mol. The molecule has 1 amide bonds. The number of rotatable bonds is 10. The Hall–Kier alpha value is -3.39. The van der Waals surface area contributed by atoms with Crippen molar-refractivity contribution in [3.05, 3.63) is 69.3 Å². The van der Waals surface area contributed by atoms with E-state index in [4.69, 9.17) is 18.6 Å². The molecule has 0 spiro atoms. The number of ether oxygens (including phenoxy) is 3. The van der Waals surface area contributed by atoms with Gasteiger partial charge in [-0.1, -0.05) is 32.3 Å². The van der Waals surface area contributed by atoms with Crippen LogP contribution in [0.2, 0.25) is 0 Å². The van der Waals surface area contributed by atoms with Gasteiger partial charge in [-0.25, -0.2) is 4.39 Å². The molecule has 1 fully saturated rings. The maximum Gasteiger partial charge on any atom is 0.291 e. The lowest BCUT2D eigenvalue weighted by Gasteiger charge is -2.28. The van der Waals surface area contributed by atoms with Crippen LogP contribution in [0.5, 0.6) is 11.5 Å². The summed E-state index contributed by atoms with van der Waals surface area (Å²) in [6, 6.07) is 8.48. The SMILES string of the molecule is CCCCCCOc1ccc(C2c3c(oc4ccc(F)cc4c3=O)C(=O)N2CC2CCCO2)cc1OC. The molecule has 3 aromatic rings. The fourth-order valence-corrected chi connectivity index (χ4v) is 5.22. The molecule has 2 aromatic carbocycles. The zero-order chi connectivity index (χ0) is 25.9. The molecular weight excluding hydrogens is 477 g/mol. The Morgan fingerprint density at radius 1 is 1.08 bits per heavy atom. The summed E-state index contributed by atoms with van der Waals surface area (Å²) < 4.78 is 37.3. The Morgan fingerprint density at radius 2 is 1.95 bits per heavy atom. The van der Waals surface area contributed by atoms with E-state index < -0.39 is 17.3 Å². The number of methoxy groups -OCH3 is 1. The number of unbranched alkanes of at least 4 members (excludes halogenated alkanes) is 3. The molecule has 2 unspecified atom stereocenters. The fourth-order valence-electron chi connectivity index (χ4n) is 5.22. The van der Waals surface area contributed by atoms with Crippen LogP contribution in [0.25, 0.3) is 11.0 Å². The Bertz CT molecular complexity index is 1350. The highest BCUT2D eigenvalue weighted by molar-refractivity contribution is 5.99. The summed E-state index contributed by atoms with van der Waals surface area (Å²) in [7, 11) is 1.56. The Balaban J connectivity index is 1.55. The standard InChI is InChI=1S/C29H32FNO6/c1-3-4-5-6-13-36-23-11-9-18(15-24(23)34-2)26-25-27(32)21-16-19(30)10-12-22(21)37-28(25)29(33)31(26)17-20-8-7-14-35-20/h9-12,15-16,20,26H,3-8,13-14,17H2,1-2H3. The maximum atomic E-state index is 14.0. The van der Waals surface area contributed by atoms with Gasteiger partial charge in [0.25, 0.3) is 5.91 Å². The minimum Gasteiger partial charge on any atom is -0.493 e. The summed E-state index contributed by atoms with van der Waals surface area (Å²) in [6.45, 7) is 3.70. The topological polar surface area (TPSA) is 78.2 Å². The molecule has 2 aliphatic heterocycles. The van der Waals surface area contributed by atoms with Gasteiger partial charge < -0.3 is 23.5 Å². The van der Waals surface area contributed by atoms with Crippen LogP contribution in [-0.4, -0.2) is 43.8 Å². The van der Waals surface area contributed by atoms with E-state index in [1.807, 2.05) is 12.1 Å². The zero-order valence-corrected chi connectivity index (χ0v) is 21.3. The summed E-state index contributed by atoms with van der Waals surface area (Å²) in [5.74, 6) is 0.183. The van der Waals surface area contributed by atoms with Crippen molar-refractivity contribution in [3.63, 3.8) is 0 Å². The molecule has 0 aliphatic carbocycles. The third-order valence-electron chi connectivity index (χ3n) is 7.11. The quantitative estimate of drug-likeness (QED) is 0.330. The largest absolute Gasteiger partial charge is 0.493 e. The molecular formula is C29H32FNO6. The lowest BCUT2D eigenvalue weighted by molar-refractivity contribution is 0.0486. The van der Waals surface area contributed by atoms with Crippen molar-refractivity contribution >= 4 is 16.9 Å². The second-order valence-electron chi connectivity index (χ2n) is 9.63. The molecule has 0 saturated carbocycles. The van der Waals surface area contributed by atoms with Crippen molar-refractivity contribution in [2.45, 2.75) is 57.6 Å². The van der Waals surface area contributed by atoms with Gasteiger partial charge in [-0.15, -0.1) is 0 Å². The van der Waals surface area contributed by atoms with Gasteiger partial charge >= 0.3 is 0 Å². The van der Waals surface area contributed by atoms with E-state index in [9.17, 15) is 14.0 Å². The first-order valence-corrected chi connectivity index (χ1v) is 13.0. The lowest BCUT2D eigenvalue weighted by Crippen LogP contribution is -2.36. The summed E-state index contributed by atoms with van der Waals surface area (Å²) >= 11 is 0. The Morgan fingerprint density at radius 3 is 2.70 bits per heavy atom. The van der Waals surface area contributed by atoms with Crippen molar-refractivity contribution in [3.8, 4) is 11.5 Å². The Kier molecular flexibility index (Phi) is 7.46. The predicted molar refractivity (Wildman–Crippen MR) is 137 cm³/mol. The Labute approximate surface area is 215 Å². The normalized spacial score (nSPS) is 19.0. The van der Waals surface area contributed by atoms with Gasteiger partial charge in [0.2, 0.25) is 5.76 Å². The number of carbonyl (C=O) groups excluding carboxylic acids is 1. The number of benzene rings is 2. The molecule has 1 aromatic heterocycles. The first-order chi connectivity index (χ1) is 18.0. The molecule has 2 aliphatic rings. The van der Waals surface area contributed by atoms with E-state index in [2.05, 4.69) is 6.92 Å². The van der Waals surface area contributed by atoms with Gasteiger partial charge in [0.15, 0.2) is 16.9 Å². The number of hydrogen-bond acceptors (Lipinski definition) is 6. The molecule has 37 heavy (non-hydrogen) atoms. The molecule has 196 valence electrons. The van der Waals surface area contributed by atoms with Crippen LogP contribution < -0.4 is 14.9 Å². The van der Waals surface area contributed by atoms with Gasteiger partial charge in [0.05, 0.1) is 36.8 Å². The van der Waals surface area contributed by atoms with Crippen LogP contribution in [-0.2, 0) is 4.74 Å². The average Bonchev–Trinajstić information content (AvgIpc) is 3.51. The van der Waals surface area contributed by atoms with Crippen molar-refractivity contribution in [2.24, 2.45) is 0 Å². The molecule has 0 N–H and O–H groups in total. The number of halogens is 1. The fraction of sp³-hybridized carbons (Fsp3) is 0.448. The molecule has 0 radical (unpaired) electrons. The van der Waals surface area contributed by atoms with E-state index in [1.54, 1.807) is 18.1 Å². The van der Waals surface area contributed by atoms with E-state index in [-0.39, 0.29) is 34.3 Å². The van der Waals surface area contributed by atoms with Gasteiger partial charge in [0, 0.05) is 13.2 Å². The van der Waals surface area contributed by atoms with Crippen molar-refractivity contribution in [2.75, 3.05) is 26.9 Å². The minimum atomic E-state index is -0.719. The third kappa shape index (κ3) is 4.94. The molecule has 0 bridgehead atoms. The van der Waals surface area contributed by atoms with Crippen LogP contribution in [0.3, 0.4) is 0 Å². The van der Waals surface area contributed by atoms with Gasteiger partial charge in [-0.3, -0.25) is 9.59 Å². The summed E-state index contributed by atoms with van der Waals surface area (Å²) in [5, 5.41) is 0.106. The van der Waals surface area contributed by atoms with Crippen LogP contribution in [0, 0.1) is 5.82 Å². The average molecular weight is 510 g/mol. The van der Waals surface area contributed by atoms with E-state index in [0.717, 1.165) is 44.6 Å². The first-order valence-electron chi connectivity index (χ1n) is 13.0. The molecule has 1 saturated heterocycles. The highest BCUT2D eigenvalue weighted by Crippen LogP contribution is 2.41. The molecule has 8 heteroatoms. The lowest BCUT2D eigenvalue weighted by atomic mass is 9.97. The smallest absolute Gasteiger partial charge is 0.291 e. The molecule has 3 heterocycles. The summed E-state index contributed by atoms with van der Waals surface area (Å²) in [4.78, 5) is 28.9. The second kappa shape index (κ2) is 10.9. The highest BCUT2D eigenvalue weighted by Gasteiger charge is 2.44. The number of amides is 1. The predicted octanol–water partition coefficient (Wildman–Crippen LogP) is 5.62. The number of hydrogen-bond donors (Lipinski definition) is 0. The van der Waals surface area contributed by atoms with Crippen LogP contribution in [0.15, 0.2) is 45.6 Å². The van der Waals surface area contributed by atoms with Crippen LogP contribution in [0.1, 0.15) is 73.2 Å². The number of carbonyl (C=O) groups is 1. The molecule has 5 rings (SSSR count). The van der Waals surface area contributed by atoms with Crippen LogP contribution >= 0.6 is 0 Å². The maximum absolute atomic E-state index is 14.0. The van der Waals surface area contributed by atoms with E-state index >= 15 is 0 Å². The second-order valence-corrected chi connectivity index (χ2v) is 9.63. The van der Waals surface area contributed by atoms with E-state index in [1.165, 1.54) is 12.1 Å². The summed E-state index contributed by atoms with van der Waals surface area (Å²) in [6.07, 6.45) is 5.98. The first kappa shape index (κ1) is 25.3. The number of fused-ring (bicyclic) bond motifs is 2. The van der Waals surface area contributed by atoms with Gasteiger partial charge in [0.1, 0.15) is 11.4 Å².